The number of hydrazone groups is 1. The number of thiazole rings is 1. The fourth-order valence-corrected chi connectivity index (χ4v) is 5.12. The molecule has 2 N–H and O–H groups in total. The molecule has 148 valence electrons. The molecule has 0 spiro atoms. The van der Waals surface area contributed by atoms with Crippen molar-refractivity contribution < 1.29 is 9.90 Å². The van der Waals surface area contributed by atoms with Crippen LogP contribution in [0.1, 0.15) is 22.5 Å². The number of anilines is 1. The number of carboxylic acids is 1. The predicted octanol–water partition coefficient (Wildman–Crippen LogP) is 5.37. The fourth-order valence-electron chi connectivity index (χ4n) is 3.30. The highest BCUT2D eigenvalue weighted by molar-refractivity contribution is 7.99. The van der Waals surface area contributed by atoms with E-state index in [1.165, 1.54) is 6.07 Å². The fraction of sp³-hybridized carbons (Fsp3) is 0.0909. The molecule has 2 aromatic carbocycles. The first-order chi connectivity index (χ1) is 14.7. The van der Waals surface area contributed by atoms with Crippen molar-refractivity contribution in [2.45, 2.75) is 11.3 Å². The van der Waals surface area contributed by atoms with Crippen LogP contribution < -0.4 is 5.43 Å². The summed E-state index contributed by atoms with van der Waals surface area (Å²) in [7, 11) is 0. The number of carboxylic acid groups (broad SMARTS) is 1. The van der Waals surface area contributed by atoms with Crippen LogP contribution in [-0.2, 0) is 0 Å². The lowest BCUT2D eigenvalue weighted by Crippen LogP contribution is -2.12. The molecule has 8 heteroatoms. The highest BCUT2D eigenvalue weighted by Crippen LogP contribution is 2.34. The largest absolute Gasteiger partial charge is 0.477 e. The molecule has 0 aliphatic carbocycles. The van der Waals surface area contributed by atoms with Gasteiger partial charge < -0.3 is 5.11 Å². The van der Waals surface area contributed by atoms with Gasteiger partial charge in [-0.2, -0.15) is 5.10 Å². The monoisotopic (exact) mass is 432 g/mol. The third-order valence-electron chi connectivity index (χ3n) is 4.73. The average molecular weight is 433 g/mol. The number of fused-ring (bicyclic) bond motifs is 2. The molecule has 3 heterocycles. The summed E-state index contributed by atoms with van der Waals surface area (Å²) >= 11 is 3.37. The van der Waals surface area contributed by atoms with Gasteiger partial charge in [0.25, 0.3) is 0 Å². The summed E-state index contributed by atoms with van der Waals surface area (Å²) < 4.78 is 1.12. The van der Waals surface area contributed by atoms with E-state index in [1.54, 1.807) is 29.2 Å². The number of para-hydroxylation sites is 1. The van der Waals surface area contributed by atoms with Gasteiger partial charge in [0.2, 0.25) is 5.13 Å². The number of thioether (sulfide) groups is 1. The first kappa shape index (κ1) is 18.8. The van der Waals surface area contributed by atoms with Crippen molar-refractivity contribution >= 4 is 50.1 Å². The van der Waals surface area contributed by atoms with E-state index < -0.39 is 5.97 Å². The van der Waals surface area contributed by atoms with Crippen LogP contribution in [0.25, 0.3) is 21.5 Å². The third-order valence-corrected chi connectivity index (χ3v) is 6.75. The summed E-state index contributed by atoms with van der Waals surface area (Å²) in [6, 6.07) is 19.1. The van der Waals surface area contributed by atoms with E-state index in [1.807, 2.05) is 42.5 Å². The highest BCUT2D eigenvalue weighted by Gasteiger charge is 2.18. The summed E-state index contributed by atoms with van der Waals surface area (Å²) in [5, 5.41) is 14.6. The van der Waals surface area contributed by atoms with Crippen LogP contribution in [0, 0.1) is 0 Å². The summed E-state index contributed by atoms with van der Waals surface area (Å²) in [5.41, 5.74) is 7.61. The van der Waals surface area contributed by atoms with E-state index in [0.29, 0.717) is 5.69 Å². The predicted molar refractivity (Wildman–Crippen MR) is 122 cm³/mol. The Hall–Kier alpha value is -3.23. The van der Waals surface area contributed by atoms with Crippen molar-refractivity contribution in [3.05, 3.63) is 71.9 Å². The van der Waals surface area contributed by atoms with Gasteiger partial charge in [0, 0.05) is 28.2 Å². The number of aromatic nitrogens is 2. The second-order valence-electron chi connectivity index (χ2n) is 6.68. The van der Waals surface area contributed by atoms with E-state index in [4.69, 9.17) is 0 Å². The van der Waals surface area contributed by atoms with Crippen molar-refractivity contribution in [3.8, 4) is 11.3 Å². The Labute approximate surface area is 180 Å². The summed E-state index contributed by atoms with van der Waals surface area (Å²) in [5.74, 6) is -0.0768. The Bertz CT molecular complexity index is 1270. The molecular formula is C22H16N4O2S2. The van der Waals surface area contributed by atoms with Crippen molar-refractivity contribution in [1.29, 1.82) is 0 Å². The number of pyridine rings is 1. The Morgan fingerprint density at radius 3 is 2.83 bits per heavy atom. The van der Waals surface area contributed by atoms with Crippen LogP contribution in [0.4, 0.5) is 5.13 Å². The second-order valence-corrected chi connectivity index (χ2v) is 8.85. The van der Waals surface area contributed by atoms with Gasteiger partial charge in [-0.25, -0.2) is 14.8 Å². The minimum absolute atomic E-state index is 0.0333. The van der Waals surface area contributed by atoms with Crippen LogP contribution in [0.15, 0.2) is 70.7 Å². The molecule has 4 aromatic rings. The van der Waals surface area contributed by atoms with Crippen LogP contribution in [0.2, 0.25) is 0 Å². The van der Waals surface area contributed by atoms with Gasteiger partial charge in [0.15, 0.2) is 0 Å². The Balaban J connectivity index is 1.48. The number of hydrogen-bond donors (Lipinski definition) is 2. The molecule has 5 rings (SSSR count). The molecule has 6 nitrogen and oxygen atoms in total. The maximum Gasteiger partial charge on any atom is 0.354 e. The SMILES string of the molecule is O=C(O)c1cccc(-c2ccc3c(c2)/C(=N/Nc2nc4ccccc4s2)CCS3)n1. The van der Waals surface area contributed by atoms with E-state index >= 15 is 0 Å². The van der Waals surface area contributed by atoms with Crippen molar-refractivity contribution in [2.24, 2.45) is 5.10 Å². The van der Waals surface area contributed by atoms with Crippen LogP contribution >= 0.6 is 23.1 Å². The average Bonchev–Trinajstić information content (AvgIpc) is 3.20. The number of rotatable bonds is 4. The topological polar surface area (TPSA) is 87.5 Å². The van der Waals surface area contributed by atoms with E-state index in [0.717, 1.165) is 49.3 Å². The lowest BCUT2D eigenvalue weighted by Gasteiger charge is -2.18. The smallest absolute Gasteiger partial charge is 0.354 e. The highest BCUT2D eigenvalue weighted by atomic mass is 32.2. The van der Waals surface area contributed by atoms with E-state index in [-0.39, 0.29) is 5.69 Å². The molecule has 0 unspecified atom stereocenters. The van der Waals surface area contributed by atoms with Crippen LogP contribution in [0.3, 0.4) is 0 Å². The number of carbonyl (C=O) groups is 1. The van der Waals surface area contributed by atoms with Crippen molar-refractivity contribution in [2.75, 3.05) is 11.2 Å². The normalized spacial score (nSPS) is 14.6. The molecule has 0 saturated carbocycles. The number of nitrogens with zero attached hydrogens (tertiary/aromatic N) is 3. The standard InChI is InChI=1S/C22H16N4O2S2/c27-21(28)18-6-3-5-15(23-18)13-8-9-19-14(12-13)16(10-11-29-19)25-26-22-24-17-4-1-2-7-20(17)30-22/h1-9,12H,10-11H2,(H,24,26)(H,27,28)/b25-16+. The molecule has 0 amide bonds. The molecular weight excluding hydrogens is 416 g/mol. The van der Waals surface area contributed by atoms with Gasteiger partial charge in [-0.3, -0.25) is 5.43 Å². The lowest BCUT2D eigenvalue weighted by molar-refractivity contribution is 0.0690. The molecule has 2 aromatic heterocycles. The summed E-state index contributed by atoms with van der Waals surface area (Å²) in [6.45, 7) is 0. The Morgan fingerprint density at radius 2 is 1.97 bits per heavy atom. The zero-order valence-electron chi connectivity index (χ0n) is 15.7. The maximum atomic E-state index is 11.3. The Kier molecular flexibility index (Phi) is 4.94. The number of benzene rings is 2. The van der Waals surface area contributed by atoms with Gasteiger partial charge in [0.05, 0.1) is 21.6 Å². The Morgan fingerprint density at radius 1 is 1.07 bits per heavy atom. The van der Waals surface area contributed by atoms with Gasteiger partial charge in [0.1, 0.15) is 5.69 Å². The van der Waals surface area contributed by atoms with E-state index in [2.05, 4.69) is 26.6 Å². The molecule has 1 aliphatic heterocycles. The first-order valence-electron chi connectivity index (χ1n) is 9.33. The van der Waals surface area contributed by atoms with E-state index in [9.17, 15) is 9.90 Å². The number of nitrogens with one attached hydrogen (secondary N) is 1. The molecule has 0 bridgehead atoms. The molecule has 0 radical (unpaired) electrons. The quantitative estimate of drug-likeness (QED) is 0.422. The van der Waals surface area contributed by atoms with Crippen molar-refractivity contribution in [3.63, 3.8) is 0 Å². The van der Waals surface area contributed by atoms with Gasteiger partial charge in [-0.1, -0.05) is 35.6 Å². The molecule has 30 heavy (non-hydrogen) atoms. The third kappa shape index (κ3) is 3.67. The molecule has 0 saturated heterocycles. The minimum Gasteiger partial charge on any atom is -0.477 e. The zero-order chi connectivity index (χ0) is 20.5. The van der Waals surface area contributed by atoms with Crippen molar-refractivity contribution in [1.82, 2.24) is 9.97 Å². The molecule has 1 aliphatic rings. The molecule has 0 fully saturated rings. The zero-order valence-corrected chi connectivity index (χ0v) is 17.3. The van der Waals surface area contributed by atoms with Crippen LogP contribution in [-0.4, -0.2) is 32.5 Å². The maximum absolute atomic E-state index is 11.3. The first-order valence-corrected chi connectivity index (χ1v) is 11.1. The lowest BCUT2D eigenvalue weighted by atomic mass is 10.0. The molecule has 0 atom stereocenters. The second kappa shape index (κ2) is 7.89. The van der Waals surface area contributed by atoms with Crippen LogP contribution in [0.5, 0.6) is 0 Å². The van der Waals surface area contributed by atoms with Gasteiger partial charge in [-0.05, 0) is 36.4 Å². The summed E-state index contributed by atoms with van der Waals surface area (Å²) in [4.78, 5) is 21.3. The number of hydrogen-bond acceptors (Lipinski definition) is 7. The summed E-state index contributed by atoms with van der Waals surface area (Å²) in [6.07, 6.45) is 0.835. The number of aromatic carboxylic acids is 1. The minimum atomic E-state index is -1.03. The van der Waals surface area contributed by atoms with Gasteiger partial charge >= 0.3 is 5.97 Å². The van der Waals surface area contributed by atoms with Gasteiger partial charge in [-0.15, -0.1) is 11.8 Å².